The molecule has 1 aromatic heterocycles. The summed E-state index contributed by atoms with van der Waals surface area (Å²) in [5.41, 5.74) is 0. The summed E-state index contributed by atoms with van der Waals surface area (Å²) in [6, 6.07) is 3.89. The Bertz CT molecular complexity index is 388. The van der Waals surface area contributed by atoms with E-state index in [0.29, 0.717) is 0 Å². The number of hydrogen-bond acceptors (Lipinski definition) is 3. The third-order valence-corrected chi connectivity index (χ3v) is 4.20. The molecule has 0 amide bonds. The number of nitrogens with zero attached hydrogens (tertiary/aromatic N) is 1. The molecule has 1 aliphatic heterocycles. The highest BCUT2D eigenvalue weighted by atomic mass is 32.1. The van der Waals surface area contributed by atoms with E-state index in [0.717, 1.165) is 19.5 Å². The Kier molecular flexibility index (Phi) is 3.30. The second kappa shape index (κ2) is 4.55. The maximum Gasteiger partial charge on any atom is 0.321 e. The summed E-state index contributed by atoms with van der Waals surface area (Å²) in [6.45, 7) is 5.78. The van der Waals surface area contributed by atoms with Crippen molar-refractivity contribution in [3.05, 3.63) is 21.9 Å². The molecule has 1 aliphatic rings. The first kappa shape index (κ1) is 11.6. The Morgan fingerprint density at radius 2 is 2.38 bits per heavy atom. The van der Waals surface area contributed by atoms with E-state index in [2.05, 4.69) is 24.0 Å². The predicted octanol–water partition coefficient (Wildman–Crippen LogP) is 2.35. The van der Waals surface area contributed by atoms with Gasteiger partial charge in [-0.1, -0.05) is 6.92 Å². The smallest absolute Gasteiger partial charge is 0.321 e. The molecule has 2 unspecified atom stereocenters. The van der Waals surface area contributed by atoms with E-state index in [1.165, 1.54) is 9.75 Å². The van der Waals surface area contributed by atoms with Crippen molar-refractivity contribution in [3.63, 3.8) is 0 Å². The van der Waals surface area contributed by atoms with E-state index in [4.69, 9.17) is 0 Å². The number of carbonyl (C=O) groups is 1. The van der Waals surface area contributed by atoms with Crippen LogP contribution in [0.25, 0.3) is 0 Å². The SMILES string of the molecule is Cc1ccc(CN2CCC(C)C2C(=O)O)s1. The lowest BCUT2D eigenvalue weighted by Gasteiger charge is -2.22. The van der Waals surface area contributed by atoms with E-state index in [1.54, 1.807) is 11.3 Å². The van der Waals surface area contributed by atoms with E-state index in [-0.39, 0.29) is 12.0 Å². The molecule has 0 spiro atoms. The molecule has 1 saturated heterocycles. The molecule has 16 heavy (non-hydrogen) atoms. The average molecular weight is 239 g/mol. The zero-order chi connectivity index (χ0) is 11.7. The summed E-state index contributed by atoms with van der Waals surface area (Å²) in [6.07, 6.45) is 0.987. The van der Waals surface area contributed by atoms with Crippen LogP contribution in [0.3, 0.4) is 0 Å². The Labute approximate surface area is 99.7 Å². The molecule has 1 N–H and O–H groups in total. The van der Waals surface area contributed by atoms with E-state index in [1.807, 2.05) is 6.92 Å². The van der Waals surface area contributed by atoms with Crippen molar-refractivity contribution in [1.82, 2.24) is 4.90 Å². The summed E-state index contributed by atoms with van der Waals surface area (Å²) < 4.78 is 0. The first-order valence-corrected chi connectivity index (χ1v) is 6.41. The van der Waals surface area contributed by atoms with Crippen LogP contribution in [-0.4, -0.2) is 28.6 Å². The van der Waals surface area contributed by atoms with Gasteiger partial charge in [-0.25, -0.2) is 0 Å². The van der Waals surface area contributed by atoms with Gasteiger partial charge in [0.25, 0.3) is 0 Å². The molecule has 2 rings (SSSR count). The first-order chi connectivity index (χ1) is 7.58. The van der Waals surface area contributed by atoms with Gasteiger partial charge in [-0.3, -0.25) is 9.69 Å². The van der Waals surface area contributed by atoms with Gasteiger partial charge in [0.05, 0.1) is 0 Å². The molecule has 0 aliphatic carbocycles. The van der Waals surface area contributed by atoms with Crippen molar-refractivity contribution in [3.8, 4) is 0 Å². The van der Waals surface area contributed by atoms with Crippen LogP contribution in [0.4, 0.5) is 0 Å². The molecular formula is C12H17NO2S. The van der Waals surface area contributed by atoms with Gasteiger partial charge in [0.2, 0.25) is 0 Å². The van der Waals surface area contributed by atoms with Crippen molar-refractivity contribution in [2.24, 2.45) is 5.92 Å². The fourth-order valence-electron chi connectivity index (χ4n) is 2.37. The predicted molar refractivity (Wildman–Crippen MR) is 64.7 cm³/mol. The maximum atomic E-state index is 11.2. The fourth-order valence-corrected chi connectivity index (χ4v) is 3.29. The lowest BCUT2D eigenvalue weighted by Crippen LogP contribution is -2.38. The summed E-state index contributed by atoms with van der Waals surface area (Å²) >= 11 is 1.75. The Hall–Kier alpha value is -0.870. The minimum absolute atomic E-state index is 0.263. The van der Waals surface area contributed by atoms with Crippen LogP contribution in [-0.2, 0) is 11.3 Å². The third-order valence-electron chi connectivity index (χ3n) is 3.21. The molecule has 0 bridgehead atoms. The number of likely N-dealkylation sites (tertiary alicyclic amines) is 1. The van der Waals surface area contributed by atoms with Gasteiger partial charge in [0.1, 0.15) is 6.04 Å². The van der Waals surface area contributed by atoms with Crippen LogP contribution >= 0.6 is 11.3 Å². The zero-order valence-electron chi connectivity index (χ0n) is 9.64. The lowest BCUT2D eigenvalue weighted by atomic mass is 10.0. The van der Waals surface area contributed by atoms with Crippen LogP contribution in [0.1, 0.15) is 23.1 Å². The molecule has 4 heteroatoms. The number of aliphatic carboxylic acids is 1. The topological polar surface area (TPSA) is 40.5 Å². The molecule has 88 valence electrons. The van der Waals surface area contributed by atoms with Crippen molar-refractivity contribution >= 4 is 17.3 Å². The minimum Gasteiger partial charge on any atom is -0.480 e. The van der Waals surface area contributed by atoms with Crippen molar-refractivity contribution < 1.29 is 9.90 Å². The Balaban J connectivity index is 2.07. The second-order valence-electron chi connectivity index (χ2n) is 4.53. The quantitative estimate of drug-likeness (QED) is 0.880. The second-order valence-corrected chi connectivity index (χ2v) is 5.90. The minimum atomic E-state index is -0.682. The molecule has 3 nitrogen and oxygen atoms in total. The first-order valence-electron chi connectivity index (χ1n) is 5.60. The Morgan fingerprint density at radius 3 is 2.94 bits per heavy atom. The van der Waals surface area contributed by atoms with Crippen LogP contribution in [0.5, 0.6) is 0 Å². The van der Waals surface area contributed by atoms with Crippen LogP contribution in [0.2, 0.25) is 0 Å². The summed E-state index contributed by atoms with van der Waals surface area (Å²) in [5, 5.41) is 9.20. The molecule has 0 aromatic carbocycles. The molecule has 1 fully saturated rings. The number of thiophene rings is 1. The van der Waals surface area contributed by atoms with Gasteiger partial charge in [-0.2, -0.15) is 0 Å². The van der Waals surface area contributed by atoms with Crippen LogP contribution in [0.15, 0.2) is 12.1 Å². The average Bonchev–Trinajstić information content (AvgIpc) is 2.74. The van der Waals surface area contributed by atoms with Gasteiger partial charge >= 0.3 is 5.97 Å². The van der Waals surface area contributed by atoms with E-state index in [9.17, 15) is 9.90 Å². The number of rotatable bonds is 3. The van der Waals surface area contributed by atoms with Crippen molar-refractivity contribution in [1.29, 1.82) is 0 Å². The van der Waals surface area contributed by atoms with Gasteiger partial charge in [0, 0.05) is 16.3 Å². The molecule has 1 aromatic rings. The maximum absolute atomic E-state index is 11.2. The number of aryl methyl sites for hydroxylation is 1. The van der Waals surface area contributed by atoms with Crippen molar-refractivity contribution in [2.45, 2.75) is 32.9 Å². The van der Waals surface area contributed by atoms with Crippen LogP contribution < -0.4 is 0 Å². The van der Waals surface area contributed by atoms with Gasteiger partial charge in [-0.05, 0) is 37.9 Å². The molecule has 2 heterocycles. The highest BCUT2D eigenvalue weighted by molar-refractivity contribution is 7.11. The van der Waals surface area contributed by atoms with E-state index >= 15 is 0 Å². The van der Waals surface area contributed by atoms with Gasteiger partial charge in [-0.15, -0.1) is 11.3 Å². The standard InChI is InChI=1S/C12H17NO2S/c1-8-5-6-13(11(8)12(14)15)7-10-4-3-9(2)16-10/h3-4,8,11H,5-7H2,1-2H3,(H,14,15). The summed E-state index contributed by atoms with van der Waals surface area (Å²) in [7, 11) is 0. The van der Waals surface area contributed by atoms with Crippen molar-refractivity contribution in [2.75, 3.05) is 6.54 Å². The number of carboxylic acids is 1. The van der Waals surface area contributed by atoms with Gasteiger partial charge < -0.3 is 5.11 Å². The highest BCUT2D eigenvalue weighted by Gasteiger charge is 2.36. The third kappa shape index (κ3) is 2.28. The molecular weight excluding hydrogens is 222 g/mol. The van der Waals surface area contributed by atoms with E-state index < -0.39 is 5.97 Å². The highest BCUT2D eigenvalue weighted by Crippen LogP contribution is 2.27. The molecule has 2 atom stereocenters. The Morgan fingerprint density at radius 1 is 1.62 bits per heavy atom. The summed E-state index contributed by atoms with van der Waals surface area (Å²) in [4.78, 5) is 15.8. The molecule has 0 saturated carbocycles. The monoisotopic (exact) mass is 239 g/mol. The normalized spacial score (nSPS) is 26.1. The number of hydrogen-bond donors (Lipinski definition) is 1. The van der Waals surface area contributed by atoms with Crippen LogP contribution in [0, 0.1) is 12.8 Å². The summed E-state index contributed by atoms with van der Waals surface area (Å²) in [5.74, 6) is -0.420. The fraction of sp³-hybridized carbons (Fsp3) is 0.583. The zero-order valence-corrected chi connectivity index (χ0v) is 10.5. The largest absolute Gasteiger partial charge is 0.480 e. The molecule has 0 radical (unpaired) electrons. The lowest BCUT2D eigenvalue weighted by molar-refractivity contribution is -0.143. The van der Waals surface area contributed by atoms with Gasteiger partial charge in [0.15, 0.2) is 0 Å². The number of carboxylic acid groups (broad SMARTS) is 1.